The van der Waals surface area contributed by atoms with E-state index < -0.39 is 0 Å². The highest BCUT2D eigenvalue weighted by Gasteiger charge is 2.17. The molecule has 1 N–H and O–H groups in total. The van der Waals surface area contributed by atoms with Gasteiger partial charge in [0.25, 0.3) is 0 Å². The lowest BCUT2D eigenvalue weighted by Crippen LogP contribution is -2.38. The molecule has 0 atom stereocenters. The topological polar surface area (TPSA) is 39.1 Å². The number of nitrogens with one attached hydrogen (secondary N) is 1. The maximum Gasteiger partial charge on any atom is 0.0621 e. The van der Waals surface area contributed by atoms with Gasteiger partial charge in [-0.1, -0.05) is 20.3 Å². The summed E-state index contributed by atoms with van der Waals surface area (Å²) in [4.78, 5) is 2.55. The molecule has 0 spiro atoms. The van der Waals surface area contributed by atoms with Gasteiger partial charge in [-0.2, -0.15) is 5.26 Å². The highest BCUT2D eigenvalue weighted by atomic mass is 15.1. The molecule has 1 rings (SSSR count). The summed E-state index contributed by atoms with van der Waals surface area (Å²) in [6.45, 7) is 10.3. The molecule has 1 fully saturated rings. The van der Waals surface area contributed by atoms with Gasteiger partial charge in [0.05, 0.1) is 6.07 Å². The quantitative estimate of drug-likeness (QED) is 0.691. The van der Waals surface area contributed by atoms with Crippen molar-refractivity contribution in [3.63, 3.8) is 0 Å². The zero-order valence-corrected chi connectivity index (χ0v) is 11.5. The minimum absolute atomic E-state index is 0.248. The average Bonchev–Trinajstić information content (AvgIpc) is 2.34. The molecule has 17 heavy (non-hydrogen) atoms. The molecule has 3 heteroatoms. The van der Waals surface area contributed by atoms with Crippen molar-refractivity contribution >= 4 is 0 Å². The molecule has 0 amide bonds. The van der Waals surface area contributed by atoms with E-state index in [4.69, 9.17) is 5.26 Å². The SMILES string of the molecule is CC(C)(CCC#N)CNCCN1CCCCC1. The molecule has 0 bridgehead atoms. The van der Waals surface area contributed by atoms with E-state index in [1.807, 2.05) is 0 Å². The molecule has 0 aromatic rings. The molecular formula is C14H27N3. The van der Waals surface area contributed by atoms with E-state index in [1.165, 1.54) is 38.9 Å². The minimum Gasteiger partial charge on any atom is -0.315 e. The predicted octanol–water partition coefficient (Wildman–Crippen LogP) is 2.39. The van der Waals surface area contributed by atoms with E-state index >= 15 is 0 Å². The van der Waals surface area contributed by atoms with Gasteiger partial charge in [-0.25, -0.2) is 0 Å². The van der Waals surface area contributed by atoms with Crippen LogP contribution in [0.15, 0.2) is 0 Å². The van der Waals surface area contributed by atoms with Crippen molar-refractivity contribution in [2.45, 2.75) is 46.0 Å². The van der Waals surface area contributed by atoms with Crippen LogP contribution in [-0.2, 0) is 0 Å². The number of nitrogens with zero attached hydrogens (tertiary/aromatic N) is 2. The number of hydrogen-bond acceptors (Lipinski definition) is 3. The predicted molar refractivity (Wildman–Crippen MR) is 71.8 cm³/mol. The van der Waals surface area contributed by atoms with E-state index in [-0.39, 0.29) is 5.41 Å². The van der Waals surface area contributed by atoms with E-state index in [1.54, 1.807) is 0 Å². The second kappa shape index (κ2) is 7.68. The molecule has 0 saturated carbocycles. The van der Waals surface area contributed by atoms with Gasteiger partial charge in [0.1, 0.15) is 0 Å². The fourth-order valence-electron chi connectivity index (χ4n) is 2.33. The molecule has 1 aliphatic rings. The molecule has 0 aromatic carbocycles. The average molecular weight is 237 g/mol. The van der Waals surface area contributed by atoms with Crippen molar-refractivity contribution in [1.29, 1.82) is 5.26 Å². The van der Waals surface area contributed by atoms with Crippen molar-refractivity contribution in [3.8, 4) is 6.07 Å². The van der Waals surface area contributed by atoms with Crippen molar-refractivity contribution in [2.75, 3.05) is 32.7 Å². The molecule has 1 aliphatic heterocycles. The maximum atomic E-state index is 8.59. The van der Waals surface area contributed by atoms with Crippen LogP contribution in [0.2, 0.25) is 0 Å². The maximum absolute atomic E-state index is 8.59. The van der Waals surface area contributed by atoms with Crippen LogP contribution in [0.5, 0.6) is 0 Å². The standard InChI is InChI=1S/C14H27N3/c1-14(2,7-6-8-15)13-16-9-12-17-10-4-3-5-11-17/h16H,3-7,9-13H2,1-2H3. The number of piperidine rings is 1. The van der Waals surface area contributed by atoms with E-state index in [2.05, 4.69) is 30.1 Å². The largest absolute Gasteiger partial charge is 0.315 e. The number of rotatable bonds is 7. The van der Waals surface area contributed by atoms with Crippen LogP contribution in [-0.4, -0.2) is 37.6 Å². The molecule has 3 nitrogen and oxygen atoms in total. The Morgan fingerprint density at radius 1 is 1.24 bits per heavy atom. The fraction of sp³-hybridized carbons (Fsp3) is 0.929. The van der Waals surface area contributed by atoms with Crippen LogP contribution in [0.3, 0.4) is 0 Å². The first kappa shape index (κ1) is 14.5. The minimum atomic E-state index is 0.248. The summed E-state index contributed by atoms with van der Waals surface area (Å²) in [5.74, 6) is 0. The highest BCUT2D eigenvalue weighted by molar-refractivity contribution is 4.79. The Balaban J connectivity index is 2.04. The molecule has 98 valence electrons. The number of nitriles is 1. The van der Waals surface area contributed by atoms with E-state index in [0.29, 0.717) is 6.42 Å². The lowest BCUT2D eigenvalue weighted by Gasteiger charge is -2.28. The first-order valence-electron chi connectivity index (χ1n) is 6.94. The first-order chi connectivity index (χ1) is 8.14. The number of hydrogen-bond donors (Lipinski definition) is 1. The molecule has 0 radical (unpaired) electrons. The normalized spacial score (nSPS) is 17.9. The van der Waals surface area contributed by atoms with Gasteiger partial charge >= 0.3 is 0 Å². The van der Waals surface area contributed by atoms with Crippen LogP contribution >= 0.6 is 0 Å². The smallest absolute Gasteiger partial charge is 0.0621 e. The summed E-state index contributed by atoms with van der Waals surface area (Å²) in [6.07, 6.45) is 5.80. The Bertz CT molecular complexity index is 236. The molecule has 1 saturated heterocycles. The Morgan fingerprint density at radius 3 is 2.59 bits per heavy atom. The molecule has 1 heterocycles. The lowest BCUT2D eigenvalue weighted by atomic mass is 9.88. The van der Waals surface area contributed by atoms with Crippen LogP contribution in [0.25, 0.3) is 0 Å². The Morgan fingerprint density at radius 2 is 1.94 bits per heavy atom. The van der Waals surface area contributed by atoms with Crippen molar-refractivity contribution in [1.82, 2.24) is 10.2 Å². The van der Waals surface area contributed by atoms with E-state index in [0.717, 1.165) is 19.5 Å². The van der Waals surface area contributed by atoms with Gasteiger partial charge in [0.2, 0.25) is 0 Å². The van der Waals surface area contributed by atoms with Crippen LogP contribution in [0.1, 0.15) is 46.0 Å². The summed E-state index contributed by atoms with van der Waals surface area (Å²) in [5.41, 5.74) is 0.248. The van der Waals surface area contributed by atoms with Crippen LogP contribution in [0, 0.1) is 16.7 Å². The Labute approximate surface area is 106 Å². The zero-order chi connectivity index (χ0) is 12.6. The third-order valence-electron chi connectivity index (χ3n) is 3.57. The third-order valence-corrected chi connectivity index (χ3v) is 3.57. The Hall–Kier alpha value is -0.590. The monoisotopic (exact) mass is 237 g/mol. The highest BCUT2D eigenvalue weighted by Crippen LogP contribution is 2.20. The second-order valence-electron chi connectivity index (χ2n) is 5.90. The second-order valence-corrected chi connectivity index (χ2v) is 5.90. The van der Waals surface area contributed by atoms with Gasteiger partial charge < -0.3 is 10.2 Å². The van der Waals surface area contributed by atoms with Gasteiger partial charge in [-0.05, 0) is 37.8 Å². The van der Waals surface area contributed by atoms with Gasteiger partial charge in [0.15, 0.2) is 0 Å². The molecule has 0 unspecified atom stereocenters. The van der Waals surface area contributed by atoms with Gasteiger partial charge in [-0.3, -0.25) is 0 Å². The van der Waals surface area contributed by atoms with Crippen LogP contribution in [0.4, 0.5) is 0 Å². The van der Waals surface area contributed by atoms with Crippen molar-refractivity contribution in [2.24, 2.45) is 5.41 Å². The van der Waals surface area contributed by atoms with Gasteiger partial charge in [-0.15, -0.1) is 0 Å². The summed E-state index contributed by atoms with van der Waals surface area (Å²) in [6, 6.07) is 2.23. The summed E-state index contributed by atoms with van der Waals surface area (Å²) >= 11 is 0. The van der Waals surface area contributed by atoms with Crippen molar-refractivity contribution in [3.05, 3.63) is 0 Å². The van der Waals surface area contributed by atoms with Gasteiger partial charge in [0, 0.05) is 26.1 Å². The zero-order valence-electron chi connectivity index (χ0n) is 11.5. The fourth-order valence-corrected chi connectivity index (χ4v) is 2.33. The third kappa shape index (κ3) is 6.65. The van der Waals surface area contributed by atoms with Crippen molar-refractivity contribution < 1.29 is 0 Å². The summed E-state index contributed by atoms with van der Waals surface area (Å²) in [7, 11) is 0. The van der Waals surface area contributed by atoms with Crippen LogP contribution < -0.4 is 5.32 Å². The molecule has 0 aromatic heterocycles. The van der Waals surface area contributed by atoms with E-state index in [9.17, 15) is 0 Å². The lowest BCUT2D eigenvalue weighted by molar-refractivity contribution is 0.223. The summed E-state index contributed by atoms with van der Waals surface area (Å²) in [5, 5.41) is 12.1. The number of likely N-dealkylation sites (tertiary alicyclic amines) is 1. The first-order valence-corrected chi connectivity index (χ1v) is 6.94. The molecule has 0 aliphatic carbocycles. The molecular weight excluding hydrogens is 210 g/mol. The Kier molecular flexibility index (Phi) is 6.54. The summed E-state index contributed by atoms with van der Waals surface area (Å²) < 4.78 is 0.